The minimum absolute atomic E-state index is 0.760. The van der Waals surface area contributed by atoms with Crippen molar-refractivity contribution in [1.29, 1.82) is 0 Å². The van der Waals surface area contributed by atoms with Crippen molar-refractivity contribution >= 4 is 22.7 Å². The molecule has 0 spiro atoms. The quantitative estimate of drug-likeness (QED) is 0.319. The van der Waals surface area contributed by atoms with Crippen LogP contribution in [-0.2, 0) is 6.42 Å². The highest BCUT2D eigenvalue weighted by atomic mass is 35.5. The van der Waals surface area contributed by atoms with Crippen molar-refractivity contribution in [3.63, 3.8) is 0 Å². The van der Waals surface area contributed by atoms with Crippen LogP contribution < -0.4 is 4.74 Å². The van der Waals surface area contributed by atoms with E-state index in [0.717, 1.165) is 28.3 Å². The average molecular weight is 357 g/mol. The Balaban J connectivity index is 1.86. The molecule has 25 heavy (non-hydrogen) atoms. The number of hydrogen-bond donors (Lipinski definition) is 0. The van der Waals surface area contributed by atoms with Crippen molar-refractivity contribution in [2.24, 2.45) is 0 Å². The fraction of sp³-hybridized carbons (Fsp3) is 0.391. The van der Waals surface area contributed by atoms with Crippen molar-refractivity contribution < 1.29 is 4.74 Å². The number of ether oxygens (including phenoxy) is 1. The zero-order valence-electron chi connectivity index (χ0n) is 15.4. The van der Waals surface area contributed by atoms with E-state index in [1.165, 1.54) is 44.1 Å². The Hall–Kier alpha value is -1.73. The summed E-state index contributed by atoms with van der Waals surface area (Å²) in [6.45, 7) is 2.26. The van der Waals surface area contributed by atoms with E-state index in [9.17, 15) is 0 Å². The Kier molecular flexibility index (Phi) is 8.62. The van der Waals surface area contributed by atoms with Gasteiger partial charge in [-0.15, -0.1) is 0 Å². The summed E-state index contributed by atoms with van der Waals surface area (Å²) in [4.78, 5) is 0. The molecule has 2 rings (SSSR count). The predicted molar refractivity (Wildman–Crippen MR) is 110 cm³/mol. The second-order valence-electron chi connectivity index (χ2n) is 6.48. The largest absolute Gasteiger partial charge is 0.497 e. The average Bonchev–Trinajstić information content (AvgIpc) is 2.65. The molecule has 0 unspecified atom stereocenters. The molecule has 134 valence electrons. The molecule has 0 heterocycles. The Labute approximate surface area is 157 Å². The fourth-order valence-electron chi connectivity index (χ4n) is 2.87. The maximum absolute atomic E-state index is 6.47. The lowest BCUT2D eigenvalue weighted by Crippen LogP contribution is -1.87. The molecular formula is C23H29ClO. The lowest BCUT2D eigenvalue weighted by atomic mass is 10.0. The van der Waals surface area contributed by atoms with Crippen LogP contribution in [0.3, 0.4) is 0 Å². The molecule has 0 atom stereocenters. The molecular weight excluding hydrogens is 328 g/mol. The number of unbranched alkanes of at least 4 members (excludes halogenated alkanes) is 5. The molecule has 2 aromatic rings. The highest BCUT2D eigenvalue weighted by molar-refractivity contribution is 6.51. The van der Waals surface area contributed by atoms with Gasteiger partial charge in [0.15, 0.2) is 0 Å². The Bertz CT molecular complexity index is 641. The van der Waals surface area contributed by atoms with Gasteiger partial charge in [-0.3, -0.25) is 0 Å². The summed E-state index contributed by atoms with van der Waals surface area (Å²) in [6.07, 6.45) is 11.2. The molecule has 0 radical (unpaired) electrons. The molecule has 0 saturated heterocycles. The van der Waals surface area contributed by atoms with Crippen LogP contribution in [-0.4, -0.2) is 7.11 Å². The second-order valence-corrected chi connectivity index (χ2v) is 6.89. The maximum atomic E-state index is 6.47. The second kappa shape index (κ2) is 11.0. The van der Waals surface area contributed by atoms with Crippen LogP contribution in [0.25, 0.3) is 11.1 Å². The molecule has 0 aliphatic carbocycles. The zero-order chi connectivity index (χ0) is 17.9. The van der Waals surface area contributed by atoms with Crippen LogP contribution in [0.2, 0.25) is 0 Å². The lowest BCUT2D eigenvalue weighted by molar-refractivity contribution is 0.415. The molecule has 0 saturated carbocycles. The van der Waals surface area contributed by atoms with Crippen molar-refractivity contribution in [1.82, 2.24) is 0 Å². The minimum Gasteiger partial charge on any atom is -0.497 e. The van der Waals surface area contributed by atoms with Crippen LogP contribution in [0.15, 0.2) is 48.5 Å². The lowest BCUT2D eigenvalue weighted by Gasteiger charge is -2.05. The van der Waals surface area contributed by atoms with Crippen molar-refractivity contribution in [2.75, 3.05) is 7.11 Å². The first-order valence-electron chi connectivity index (χ1n) is 9.33. The predicted octanol–water partition coefficient (Wildman–Crippen LogP) is 7.34. The summed E-state index contributed by atoms with van der Waals surface area (Å²) in [5.74, 6) is 0.854. The first-order valence-corrected chi connectivity index (χ1v) is 9.71. The van der Waals surface area contributed by atoms with Crippen LogP contribution >= 0.6 is 11.6 Å². The number of rotatable bonds is 10. The first-order chi connectivity index (χ1) is 12.2. The van der Waals surface area contributed by atoms with Gasteiger partial charge in [0.1, 0.15) is 5.75 Å². The van der Waals surface area contributed by atoms with E-state index in [4.69, 9.17) is 16.3 Å². The smallest absolute Gasteiger partial charge is 0.118 e. The molecule has 0 fully saturated rings. The molecule has 0 aromatic heterocycles. The van der Waals surface area contributed by atoms with Gasteiger partial charge in [0, 0.05) is 5.03 Å². The van der Waals surface area contributed by atoms with Crippen molar-refractivity contribution in [3.05, 3.63) is 65.2 Å². The standard InChI is InChI=1S/C23H29ClO/c1-3-4-5-6-7-8-9-19-10-14-21(15-11-19)23(24)18-20-12-16-22(25-2)17-13-20/h10-18H,3-9H2,1-2H3/b23-18-. The molecule has 2 heteroatoms. The number of benzene rings is 2. The van der Waals surface area contributed by atoms with E-state index in [-0.39, 0.29) is 0 Å². The zero-order valence-corrected chi connectivity index (χ0v) is 16.2. The summed E-state index contributed by atoms with van der Waals surface area (Å²) in [6, 6.07) is 16.5. The third-order valence-corrected chi connectivity index (χ3v) is 4.79. The van der Waals surface area contributed by atoms with E-state index in [1.807, 2.05) is 30.3 Å². The molecule has 0 aliphatic rings. The minimum atomic E-state index is 0.760. The Morgan fingerprint density at radius 3 is 2.16 bits per heavy atom. The summed E-state index contributed by atoms with van der Waals surface area (Å²) in [7, 11) is 1.67. The van der Waals surface area contributed by atoms with Crippen LogP contribution in [0.4, 0.5) is 0 Å². The van der Waals surface area contributed by atoms with Crippen LogP contribution in [0.1, 0.15) is 62.1 Å². The maximum Gasteiger partial charge on any atom is 0.118 e. The Morgan fingerprint density at radius 2 is 1.52 bits per heavy atom. The third kappa shape index (κ3) is 6.96. The molecule has 0 bridgehead atoms. The number of halogens is 1. The number of hydrogen-bond acceptors (Lipinski definition) is 1. The van der Waals surface area contributed by atoms with Gasteiger partial charge in [-0.25, -0.2) is 0 Å². The summed E-state index contributed by atoms with van der Waals surface area (Å²) in [5, 5.41) is 0.760. The van der Waals surface area contributed by atoms with Gasteiger partial charge in [0.25, 0.3) is 0 Å². The topological polar surface area (TPSA) is 9.23 Å². The third-order valence-electron chi connectivity index (χ3n) is 4.46. The number of methoxy groups -OCH3 is 1. The highest BCUT2D eigenvalue weighted by Gasteiger charge is 2.01. The van der Waals surface area contributed by atoms with Gasteiger partial charge in [0.2, 0.25) is 0 Å². The molecule has 0 aliphatic heterocycles. The van der Waals surface area contributed by atoms with Crippen molar-refractivity contribution in [2.45, 2.75) is 51.9 Å². The first kappa shape index (κ1) is 19.6. The summed E-state index contributed by atoms with van der Waals surface area (Å²) >= 11 is 6.47. The SMILES string of the molecule is CCCCCCCCc1ccc(/C(Cl)=C/c2ccc(OC)cc2)cc1. The van der Waals surface area contributed by atoms with Gasteiger partial charge in [-0.05, 0) is 47.7 Å². The van der Waals surface area contributed by atoms with Gasteiger partial charge in [-0.2, -0.15) is 0 Å². The van der Waals surface area contributed by atoms with Gasteiger partial charge in [-0.1, -0.05) is 87.0 Å². The normalized spacial score (nSPS) is 11.6. The van der Waals surface area contributed by atoms with E-state index < -0.39 is 0 Å². The number of aryl methyl sites for hydroxylation is 1. The molecule has 0 N–H and O–H groups in total. The molecule has 0 amide bonds. The Morgan fingerprint density at radius 1 is 0.880 bits per heavy atom. The van der Waals surface area contributed by atoms with Gasteiger partial charge in [0.05, 0.1) is 7.11 Å². The van der Waals surface area contributed by atoms with E-state index in [2.05, 4.69) is 31.2 Å². The monoisotopic (exact) mass is 356 g/mol. The van der Waals surface area contributed by atoms with E-state index in [0.29, 0.717) is 0 Å². The van der Waals surface area contributed by atoms with Crippen LogP contribution in [0, 0.1) is 0 Å². The van der Waals surface area contributed by atoms with Crippen LogP contribution in [0.5, 0.6) is 5.75 Å². The highest BCUT2D eigenvalue weighted by Crippen LogP contribution is 2.24. The van der Waals surface area contributed by atoms with E-state index in [1.54, 1.807) is 7.11 Å². The molecule has 1 nitrogen and oxygen atoms in total. The summed E-state index contributed by atoms with van der Waals surface area (Å²) < 4.78 is 5.18. The summed E-state index contributed by atoms with van der Waals surface area (Å²) in [5.41, 5.74) is 3.53. The fourth-order valence-corrected chi connectivity index (χ4v) is 3.12. The van der Waals surface area contributed by atoms with Gasteiger partial charge < -0.3 is 4.74 Å². The molecule has 2 aromatic carbocycles. The van der Waals surface area contributed by atoms with E-state index >= 15 is 0 Å². The van der Waals surface area contributed by atoms with Crippen molar-refractivity contribution in [3.8, 4) is 5.75 Å². The van der Waals surface area contributed by atoms with Gasteiger partial charge >= 0.3 is 0 Å².